The standard InChI is InChI=1S/C20H25N5O2S/c1-13-11-22-24(12-13)9-6-8-21-18(26)17-14(2)16-19(28-17)23-15-7-4-3-5-10-25(15)20(16)27/h11-12H,3-10H2,1-2H3,(H,21,26). The molecule has 3 aromatic rings. The highest BCUT2D eigenvalue weighted by atomic mass is 32.1. The van der Waals surface area contributed by atoms with E-state index < -0.39 is 0 Å². The van der Waals surface area contributed by atoms with Crippen molar-refractivity contribution in [3.05, 3.63) is 44.6 Å². The summed E-state index contributed by atoms with van der Waals surface area (Å²) in [6.45, 7) is 5.91. The van der Waals surface area contributed by atoms with Crippen LogP contribution >= 0.6 is 11.3 Å². The van der Waals surface area contributed by atoms with Gasteiger partial charge in [-0.15, -0.1) is 11.3 Å². The molecule has 0 saturated heterocycles. The molecule has 0 atom stereocenters. The van der Waals surface area contributed by atoms with Crippen molar-refractivity contribution >= 4 is 27.5 Å². The fourth-order valence-electron chi connectivity index (χ4n) is 3.74. The zero-order chi connectivity index (χ0) is 19.7. The number of rotatable bonds is 5. The number of nitrogens with one attached hydrogen (secondary N) is 1. The molecule has 0 saturated carbocycles. The van der Waals surface area contributed by atoms with Crippen molar-refractivity contribution in [2.75, 3.05) is 6.54 Å². The average Bonchev–Trinajstić information content (AvgIpc) is 3.13. The van der Waals surface area contributed by atoms with Gasteiger partial charge in [0.05, 0.1) is 16.5 Å². The maximum Gasteiger partial charge on any atom is 0.262 e. The maximum absolute atomic E-state index is 13.0. The molecule has 0 aliphatic carbocycles. The molecular formula is C20H25N5O2S. The monoisotopic (exact) mass is 399 g/mol. The number of carbonyl (C=O) groups excluding carboxylic acids is 1. The van der Waals surface area contributed by atoms with Crippen LogP contribution in [0.4, 0.5) is 0 Å². The van der Waals surface area contributed by atoms with E-state index in [0.717, 1.165) is 62.1 Å². The van der Waals surface area contributed by atoms with Crippen LogP contribution in [0.2, 0.25) is 0 Å². The number of nitrogens with zero attached hydrogens (tertiary/aromatic N) is 4. The first-order valence-electron chi connectivity index (χ1n) is 9.84. The van der Waals surface area contributed by atoms with Gasteiger partial charge >= 0.3 is 0 Å². The summed E-state index contributed by atoms with van der Waals surface area (Å²) in [6.07, 6.45) is 8.63. The molecule has 0 aromatic carbocycles. The van der Waals surface area contributed by atoms with E-state index in [-0.39, 0.29) is 11.5 Å². The van der Waals surface area contributed by atoms with Gasteiger partial charge < -0.3 is 5.32 Å². The van der Waals surface area contributed by atoms with E-state index in [1.54, 1.807) is 0 Å². The topological polar surface area (TPSA) is 81.8 Å². The Labute approximate surface area is 167 Å². The van der Waals surface area contributed by atoms with Crippen LogP contribution in [0.5, 0.6) is 0 Å². The molecule has 8 heteroatoms. The minimum Gasteiger partial charge on any atom is -0.351 e. The number of hydrogen-bond acceptors (Lipinski definition) is 5. The fourth-order valence-corrected chi connectivity index (χ4v) is 4.85. The summed E-state index contributed by atoms with van der Waals surface area (Å²) >= 11 is 1.33. The predicted octanol–water partition coefficient (Wildman–Crippen LogP) is 2.82. The zero-order valence-electron chi connectivity index (χ0n) is 16.3. The second-order valence-electron chi connectivity index (χ2n) is 7.42. The van der Waals surface area contributed by atoms with Gasteiger partial charge in [-0.2, -0.15) is 5.10 Å². The quantitative estimate of drug-likeness (QED) is 0.669. The summed E-state index contributed by atoms with van der Waals surface area (Å²) in [5, 5.41) is 7.82. The van der Waals surface area contributed by atoms with Gasteiger partial charge in [0.15, 0.2) is 0 Å². The lowest BCUT2D eigenvalue weighted by Crippen LogP contribution is -2.26. The predicted molar refractivity (Wildman–Crippen MR) is 110 cm³/mol. The van der Waals surface area contributed by atoms with Crippen LogP contribution in [0.1, 0.15) is 52.3 Å². The van der Waals surface area contributed by atoms with Crippen molar-refractivity contribution in [2.24, 2.45) is 0 Å². The lowest BCUT2D eigenvalue weighted by atomic mass is 10.2. The second-order valence-corrected chi connectivity index (χ2v) is 8.42. The molecule has 1 aliphatic heterocycles. The summed E-state index contributed by atoms with van der Waals surface area (Å²) in [6, 6.07) is 0. The van der Waals surface area contributed by atoms with Crippen LogP contribution in [0, 0.1) is 13.8 Å². The van der Waals surface area contributed by atoms with Crippen molar-refractivity contribution in [3.8, 4) is 0 Å². The second kappa shape index (κ2) is 7.87. The molecule has 0 radical (unpaired) electrons. The first kappa shape index (κ1) is 18.9. The van der Waals surface area contributed by atoms with Crippen LogP contribution in [-0.4, -0.2) is 31.8 Å². The Bertz CT molecular complexity index is 1080. The Morgan fingerprint density at radius 2 is 2.14 bits per heavy atom. The van der Waals surface area contributed by atoms with Crippen LogP contribution in [-0.2, 0) is 19.5 Å². The Morgan fingerprint density at radius 1 is 1.29 bits per heavy atom. The first-order valence-corrected chi connectivity index (χ1v) is 10.7. The highest BCUT2D eigenvalue weighted by Crippen LogP contribution is 2.28. The summed E-state index contributed by atoms with van der Waals surface area (Å²) in [5.41, 5.74) is 1.88. The van der Waals surface area contributed by atoms with Crippen LogP contribution < -0.4 is 10.9 Å². The third-order valence-electron chi connectivity index (χ3n) is 5.23. The molecule has 4 rings (SSSR count). The van der Waals surface area contributed by atoms with Gasteiger partial charge in [-0.25, -0.2) is 4.98 Å². The van der Waals surface area contributed by atoms with Crippen molar-refractivity contribution in [3.63, 3.8) is 0 Å². The lowest BCUT2D eigenvalue weighted by Gasteiger charge is -2.08. The van der Waals surface area contributed by atoms with E-state index in [1.807, 2.05) is 35.5 Å². The summed E-state index contributed by atoms with van der Waals surface area (Å²) in [4.78, 5) is 31.7. The zero-order valence-corrected chi connectivity index (χ0v) is 17.1. The molecule has 0 fully saturated rings. The van der Waals surface area contributed by atoms with E-state index in [4.69, 9.17) is 4.98 Å². The van der Waals surface area contributed by atoms with Crippen molar-refractivity contribution in [2.45, 2.75) is 59.0 Å². The molecule has 4 heterocycles. The number of carbonyl (C=O) groups is 1. The minimum absolute atomic E-state index is 0.00347. The Morgan fingerprint density at radius 3 is 2.93 bits per heavy atom. The van der Waals surface area contributed by atoms with Gasteiger partial charge in [0.1, 0.15) is 10.7 Å². The van der Waals surface area contributed by atoms with Crippen molar-refractivity contribution in [1.29, 1.82) is 0 Å². The van der Waals surface area contributed by atoms with Gasteiger partial charge in [0, 0.05) is 32.3 Å². The van der Waals surface area contributed by atoms with Gasteiger partial charge in [0.2, 0.25) is 0 Å². The average molecular weight is 400 g/mol. The largest absolute Gasteiger partial charge is 0.351 e. The number of amides is 1. The highest BCUT2D eigenvalue weighted by Gasteiger charge is 2.22. The van der Waals surface area contributed by atoms with Crippen molar-refractivity contribution < 1.29 is 4.79 Å². The molecule has 1 aliphatic rings. The minimum atomic E-state index is -0.128. The SMILES string of the molecule is Cc1cnn(CCCNC(=O)c2sc3nc4n(c(=O)c3c2C)CCCCC4)c1. The van der Waals surface area contributed by atoms with Crippen LogP contribution in [0.3, 0.4) is 0 Å². The Hall–Kier alpha value is -2.48. The number of aryl methyl sites for hydroxylation is 4. The third-order valence-corrected chi connectivity index (χ3v) is 6.41. The molecule has 3 aromatic heterocycles. The molecule has 0 unspecified atom stereocenters. The highest BCUT2D eigenvalue weighted by molar-refractivity contribution is 7.20. The molecule has 28 heavy (non-hydrogen) atoms. The Balaban J connectivity index is 1.50. The number of fused-ring (bicyclic) bond motifs is 2. The molecular weight excluding hydrogens is 374 g/mol. The van der Waals surface area contributed by atoms with E-state index in [2.05, 4.69) is 10.4 Å². The van der Waals surface area contributed by atoms with Crippen molar-refractivity contribution in [1.82, 2.24) is 24.6 Å². The fraction of sp³-hybridized carbons (Fsp3) is 0.500. The van der Waals surface area contributed by atoms with Gasteiger partial charge in [-0.05, 0) is 44.2 Å². The van der Waals surface area contributed by atoms with E-state index in [1.165, 1.54) is 11.3 Å². The van der Waals surface area contributed by atoms with Gasteiger partial charge in [-0.3, -0.25) is 18.8 Å². The molecule has 0 bridgehead atoms. The van der Waals surface area contributed by atoms with Gasteiger partial charge in [0.25, 0.3) is 11.5 Å². The molecule has 0 spiro atoms. The van der Waals surface area contributed by atoms with E-state index in [9.17, 15) is 9.59 Å². The van der Waals surface area contributed by atoms with E-state index in [0.29, 0.717) is 21.6 Å². The van der Waals surface area contributed by atoms with Gasteiger partial charge in [-0.1, -0.05) is 6.42 Å². The summed E-state index contributed by atoms with van der Waals surface area (Å²) in [5.74, 6) is 0.731. The number of hydrogen-bond donors (Lipinski definition) is 1. The third kappa shape index (κ3) is 3.61. The lowest BCUT2D eigenvalue weighted by molar-refractivity contribution is 0.0956. The first-order chi connectivity index (χ1) is 13.5. The summed E-state index contributed by atoms with van der Waals surface area (Å²) in [7, 11) is 0. The normalized spacial score (nSPS) is 14.1. The Kier molecular flexibility index (Phi) is 5.30. The van der Waals surface area contributed by atoms with Crippen LogP contribution in [0.25, 0.3) is 10.2 Å². The van der Waals surface area contributed by atoms with Crippen LogP contribution in [0.15, 0.2) is 17.2 Å². The number of aromatic nitrogens is 4. The molecule has 1 amide bonds. The summed E-state index contributed by atoms with van der Waals surface area (Å²) < 4.78 is 3.69. The number of thiophene rings is 1. The van der Waals surface area contributed by atoms with E-state index >= 15 is 0 Å². The maximum atomic E-state index is 13.0. The smallest absolute Gasteiger partial charge is 0.262 e. The molecule has 7 nitrogen and oxygen atoms in total. The molecule has 148 valence electrons. The molecule has 1 N–H and O–H groups in total.